The molecule has 1 N–H and O–H groups in total. The van der Waals surface area contributed by atoms with Crippen LogP contribution in [0.5, 0.6) is 0 Å². The smallest absolute Gasteiger partial charge is 0.264 e. The molecular weight excluding hydrogens is 195 g/mol. The van der Waals surface area contributed by atoms with Crippen molar-refractivity contribution in [1.29, 1.82) is 0 Å². The highest BCUT2D eigenvalue weighted by molar-refractivity contribution is 5.62. The maximum Gasteiger partial charge on any atom is 0.264 e. The maximum absolute atomic E-state index is 12.8. The third kappa shape index (κ3) is 1.93. The minimum absolute atomic E-state index is 0.251. The molecule has 1 aromatic carbocycles. The lowest BCUT2D eigenvalue weighted by Crippen LogP contribution is -2.05. The molecule has 0 fully saturated rings. The Morgan fingerprint density at radius 3 is 2.67 bits per heavy atom. The zero-order chi connectivity index (χ0) is 10.8. The number of benzene rings is 1. The van der Waals surface area contributed by atoms with Gasteiger partial charge in [0.2, 0.25) is 0 Å². The number of hydrogen-bond donors (Lipinski definition) is 1. The lowest BCUT2D eigenvalue weighted by molar-refractivity contribution is 0.627. The fraction of sp³-hybridized carbons (Fsp3) is 0.0909. The van der Waals surface area contributed by atoms with Gasteiger partial charge < -0.3 is 0 Å². The molecule has 1 aromatic heterocycles. The van der Waals surface area contributed by atoms with E-state index in [4.69, 9.17) is 0 Å². The van der Waals surface area contributed by atoms with Crippen molar-refractivity contribution in [2.75, 3.05) is 0 Å². The lowest BCUT2D eigenvalue weighted by atomic mass is 10.1. The van der Waals surface area contributed by atoms with Crippen molar-refractivity contribution in [3.63, 3.8) is 0 Å². The standard InChI is InChI=1S/C11H9FN2O/c1-7-6-8(12)2-3-9(7)10-4-5-11(15)14-13-10/h2-6H,1H3,(H,14,15). The second-order valence-corrected chi connectivity index (χ2v) is 3.27. The van der Waals surface area contributed by atoms with Crippen LogP contribution in [0.15, 0.2) is 35.1 Å². The molecule has 4 heteroatoms. The van der Waals surface area contributed by atoms with Crippen LogP contribution in [0.3, 0.4) is 0 Å². The van der Waals surface area contributed by atoms with E-state index in [0.29, 0.717) is 5.69 Å². The molecule has 0 amide bonds. The van der Waals surface area contributed by atoms with E-state index >= 15 is 0 Å². The maximum atomic E-state index is 12.8. The van der Waals surface area contributed by atoms with Crippen LogP contribution < -0.4 is 5.56 Å². The molecule has 0 saturated heterocycles. The first-order valence-corrected chi connectivity index (χ1v) is 4.49. The highest BCUT2D eigenvalue weighted by Crippen LogP contribution is 2.20. The summed E-state index contributed by atoms with van der Waals surface area (Å²) in [5, 5.41) is 6.22. The molecule has 0 aliphatic carbocycles. The van der Waals surface area contributed by atoms with Gasteiger partial charge in [0.25, 0.3) is 5.56 Å². The summed E-state index contributed by atoms with van der Waals surface area (Å²) in [4.78, 5) is 10.8. The SMILES string of the molecule is Cc1cc(F)ccc1-c1ccc(=O)[nH]n1. The first kappa shape index (κ1) is 9.58. The van der Waals surface area contributed by atoms with E-state index < -0.39 is 0 Å². The Morgan fingerprint density at radius 2 is 2.07 bits per heavy atom. The van der Waals surface area contributed by atoms with Crippen molar-refractivity contribution in [2.24, 2.45) is 0 Å². The Kier molecular flexibility index (Phi) is 2.33. The van der Waals surface area contributed by atoms with E-state index in [9.17, 15) is 9.18 Å². The molecule has 0 aliphatic heterocycles. The van der Waals surface area contributed by atoms with Crippen LogP contribution in [-0.4, -0.2) is 10.2 Å². The van der Waals surface area contributed by atoms with Gasteiger partial charge in [-0.3, -0.25) is 4.79 Å². The Balaban J connectivity index is 2.54. The van der Waals surface area contributed by atoms with Gasteiger partial charge in [-0.25, -0.2) is 9.49 Å². The molecule has 1 heterocycles. The molecule has 0 spiro atoms. The Labute approximate surface area is 85.6 Å². The molecule has 76 valence electrons. The van der Waals surface area contributed by atoms with Crippen LogP contribution in [-0.2, 0) is 0 Å². The number of nitrogens with zero attached hydrogens (tertiary/aromatic N) is 1. The molecule has 0 unspecified atom stereocenters. The largest absolute Gasteiger partial charge is 0.268 e. The third-order valence-corrected chi connectivity index (χ3v) is 2.14. The molecule has 2 aromatic rings. The van der Waals surface area contributed by atoms with Gasteiger partial charge in [0.05, 0.1) is 5.69 Å². The average Bonchev–Trinajstić information content (AvgIpc) is 2.20. The molecule has 15 heavy (non-hydrogen) atoms. The molecule has 0 bridgehead atoms. The summed E-state index contributed by atoms with van der Waals surface area (Å²) < 4.78 is 12.8. The van der Waals surface area contributed by atoms with Crippen molar-refractivity contribution < 1.29 is 4.39 Å². The number of rotatable bonds is 1. The highest BCUT2D eigenvalue weighted by Gasteiger charge is 2.03. The summed E-state index contributed by atoms with van der Waals surface area (Å²) in [6, 6.07) is 7.45. The van der Waals surface area contributed by atoms with E-state index in [1.165, 1.54) is 18.2 Å². The van der Waals surface area contributed by atoms with Crippen LogP contribution in [0.25, 0.3) is 11.3 Å². The summed E-state index contributed by atoms with van der Waals surface area (Å²) in [5.74, 6) is -0.277. The molecule has 0 saturated carbocycles. The summed E-state index contributed by atoms with van der Waals surface area (Å²) in [7, 11) is 0. The number of aromatic amines is 1. The average molecular weight is 204 g/mol. The molecule has 0 aliphatic rings. The van der Waals surface area contributed by atoms with Crippen molar-refractivity contribution in [3.8, 4) is 11.3 Å². The predicted molar refractivity (Wildman–Crippen MR) is 55.0 cm³/mol. The zero-order valence-electron chi connectivity index (χ0n) is 8.12. The summed E-state index contributed by atoms with van der Waals surface area (Å²) in [6.07, 6.45) is 0. The second-order valence-electron chi connectivity index (χ2n) is 3.27. The molecule has 0 atom stereocenters. The second kappa shape index (κ2) is 3.65. The number of hydrogen-bond acceptors (Lipinski definition) is 2. The number of halogens is 1. The fourth-order valence-electron chi connectivity index (χ4n) is 1.41. The summed E-state index contributed by atoms with van der Waals surface area (Å²) in [6.45, 7) is 1.80. The molecule has 3 nitrogen and oxygen atoms in total. The van der Waals surface area contributed by atoms with E-state index in [1.54, 1.807) is 19.1 Å². The number of aryl methyl sites for hydroxylation is 1. The van der Waals surface area contributed by atoms with Crippen molar-refractivity contribution in [1.82, 2.24) is 10.2 Å². The van der Waals surface area contributed by atoms with Gasteiger partial charge >= 0.3 is 0 Å². The van der Waals surface area contributed by atoms with E-state index in [-0.39, 0.29) is 11.4 Å². The van der Waals surface area contributed by atoms with Crippen molar-refractivity contribution in [3.05, 3.63) is 52.1 Å². The number of aromatic nitrogens is 2. The summed E-state index contributed by atoms with van der Waals surface area (Å²) in [5.41, 5.74) is 1.98. The van der Waals surface area contributed by atoms with Crippen LogP contribution in [0.1, 0.15) is 5.56 Å². The predicted octanol–water partition coefficient (Wildman–Crippen LogP) is 1.88. The van der Waals surface area contributed by atoms with Gasteiger partial charge in [-0.15, -0.1) is 0 Å². The van der Waals surface area contributed by atoms with Crippen molar-refractivity contribution in [2.45, 2.75) is 6.92 Å². The van der Waals surface area contributed by atoms with Gasteiger partial charge in [0, 0.05) is 11.6 Å². The summed E-state index contributed by atoms with van der Waals surface area (Å²) >= 11 is 0. The normalized spacial score (nSPS) is 10.3. The van der Waals surface area contributed by atoms with Crippen LogP contribution >= 0.6 is 0 Å². The highest BCUT2D eigenvalue weighted by atomic mass is 19.1. The number of nitrogens with one attached hydrogen (secondary N) is 1. The number of H-pyrrole nitrogens is 1. The van der Waals surface area contributed by atoms with Gasteiger partial charge in [-0.1, -0.05) is 0 Å². The van der Waals surface area contributed by atoms with Gasteiger partial charge in [0.15, 0.2) is 0 Å². The van der Waals surface area contributed by atoms with Gasteiger partial charge in [0.1, 0.15) is 5.82 Å². The molecule has 0 radical (unpaired) electrons. The van der Waals surface area contributed by atoms with Crippen LogP contribution in [0.2, 0.25) is 0 Å². The fourth-order valence-corrected chi connectivity index (χ4v) is 1.41. The topological polar surface area (TPSA) is 45.8 Å². The zero-order valence-corrected chi connectivity index (χ0v) is 8.12. The van der Waals surface area contributed by atoms with Crippen LogP contribution in [0, 0.1) is 12.7 Å². The minimum Gasteiger partial charge on any atom is -0.268 e. The molecule has 2 rings (SSSR count). The van der Waals surface area contributed by atoms with E-state index in [2.05, 4.69) is 10.2 Å². The molecular formula is C11H9FN2O. The van der Waals surface area contributed by atoms with E-state index in [1.807, 2.05) is 0 Å². The van der Waals surface area contributed by atoms with Crippen molar-refractivity contribution >= 4 is 0 Å². The first-order chi connectivity index (χ1) is 7.16. The quantitative estimate of drug-likeness (QED) is 0.770. The monoisotopic (exact) mass is 204 g/mol. The first-order valence-electron chi connectivity index (χ1n) is 4.49. The van der Waals surface area contributed by atoms with Gasteiger partial charge in [-0.05, 0) is 36.8 Å². The minimum atomic E-state index is -0.277. The third-order valence-electron chi connectivity index (χ3n) is 2.14. The Morgan fingerprint density at radius 1 is 1.27 bits per heavy atom. The Bertz CT molecular complexity index is 528. The van der Waals surface area contributed by atoms with E-state index in [0.717, 1.165) is 11.1 Å². The van der Waals surface area contributed by atoms with Crippen LogP contribution in [0.4, 0.5) is 4.39 Å². The lowest BCUT2D eigenvalue weighted by Gasteiger charge is -2.03. The van der Waals surface area contributed by atoms with Gasteiger partial charge in [-0.2, -0.15) is 5.10 Å². The Hall–Kier alpha value is -1.97.